The molecule has 10 heteroatoms. The number of benzene rings is 2. The van der Waals surface area contributed by atoms with Gasteiger partial charge in [0.1, 0.15) is 16.4 Å². The Morgan fingerprint density at radius 1 is 0.975 bits per heavy atom. The van der Waals surface area contributed by atoms with Crippen molar-refractivity contribution in [2.45, 2.75) is 31.1 Å². The first kappa shape index (κ1) is 27.0. The minimum atomic E-state index is -3.59. The van der Waals surface area contributed by atoms with Gasteiger partial charge in [-0.25, -0.2) is 18.4 Å². The molecule has 0 amide bonds. The van der Waals surface area contributed by atoms with Crippen molar-refractivity contribution in [3.05, 3.63) is 59.0 Å². The molecule has 4 aromatic rings. The van der Waals surface area contributed by atoms with Gasteiger partial charge in [-0.15, -0.1) is 11.3 Å². The zero-order chi connectivity index (χ0) is 28.0. The van der Waals surface area contributed by atoms with Gasteiger partial charge in [-0.05, 0) is 79.3 Å². The van der Waals surface area contributed by atoms with Crippen LogP contribution in [0.1, 0.15) is 23.8 Å². The second-order valence-electron chi connectivity index (χ2n) is 10.9. The van der Waals surface area contributed by atoms with Crippen LogP contribution in [0.3, 0.4) is 0 Å². The second-order valence-corrected chi connectivity index (χ2v) is 13.9. The fourth-order valence-corrected chi connectivity index (χ4v) is 8.43. The number of anilines is 2. The number of fused-ring (bicyclic) bond motifs is 3. The summed E-state index contributed by atoms with van der Waals surface area (Å²) in [5.41, 5.74) is 3.49. The molecule has 6 rings (SSSR count). The molecule has 0 bridgehead atoms. The number of hydrogen-bond acceptors (Lipinski definition) is 8. The molecule has 40 heavy (non-hydrogen) atoms. The van der Waals surface area contributed by atoms with Crippen molar-refractivity contribution in [2.75, 3.05) is 57.2 Å². The topological polar surface area (TPSA) is 78.9 Å². The fraction of sp³-hybridized carbons (Fsp3) is 0.400. The van der Waals surface area contributed by atoms with Crippen LogP contribution in [0.2, 0.25) is 0 Å². The summed E-state index contributed by atoms with van der Waals surface area (Å²) in [7, 11) is 2.04. The van der Waals surface area contributed by atoms with E-state index in [1.54, 1.807) is 47.0 Å². The minimum absolute atomic E-state index is 0.288. The van der Waals surface area contributed by atoms with Gasteiger partial charge in [-0.1, -0.05) is 6.92 Å². The van der Waals surface area contributed by atoms with E-state index in [2.05, 4.69) is 41.0 Å². The average molecular weight is 578 g/mol. The highest BCUT2D eigenvalue weighted by atomic mass is 32.2. The minimum Gasteiger partial charge on any atom is -0.497 e. The maximum atomic E-state index is 13.4. The molecule has 2 aliphatic rings. The van der Waals surface area contributed by atoms with E-state index in [1.807, 2.05) is 14.1 Å². The number of aryl methyl sites for hydroxylation is 1. The number of ether oxygens (including phenoxy) is 1. The number of aromatic nitrogens is 2. The Balaban J connectivity index is 1.34. The molecule has 1 aliphatic carbocycles. The first-order chi connectivity index (χ1) is 19.2. The van der Waals surface area contributed by atoms with Gasteiger partial charge in [0.15, 0.2) is 5.82 Å². The van der Waals surface area contributed by atoms with E-state index in [-0.39, 0.29) is 4.90 Å². The number of nitrogens with zero attached hydrogens (tertiary/aromatic N) is 5. The summed E-state index contributed by atoms with van der Waals surface area (Å²) in [6, 6.07) is 14.9. The lowest BCUT2D eigenvalue weighted by molar-refractivity contribution is 0.384. The van der Waals surface area contributed by atoms with Crippen molar-refractivity contribution in [3.63, 3.8) is 0 Å². The Hall–Kier alpha value is -3.21. The Morgan fingerprint density at radius 3 is 2.33 bits per heavy atom. The molecule has 0 radical (unpaired) electrons. The number of sulfonamides is 1. The summed E-state index contributed by atoms with van der Waals surface area (Å²) in [6.07, 6.45) is 3.28. The Morgan fingerprint density at radius 2 is 1.68 bits per heavy atom. The zero-order valence-electron chi connectivity index (χ0n) is 23.4. The monoisotopic (exact) mass is 577 g/mol. The van der Waals surface area contributed by atoms with Crippen molar-refractivity contribution in [1.29, 1.82) is 0 Å². The van der Waals surface area contributed by atoms with E-state index < -0.39 is 10.0 Å². The molecule has 1 fully saturated rings. The van der Waals surface area contributed by atoms with Gasteiger partial charge in [-0.3, -0.25) is 0 Å². The SMILES string of the molecule is COc1ccc(S(=O)(=O)N2CCN(c3nc(-c4ccc(N(C)C)cc4)nc4sc5c(c34)CCC(C)C5)CC2)cc1. The molecule has 2 aromatic carbocycles. The van der Waals surface area contributed by atoms with Gasteiger partial charge >= 0.3 is 0 Å². The van der Waals surface area contributed by atoms with E-state index in [0.29, 0.717) is 43.7 Å². The molecule has 8 nitrogen and oxygen atoms in total. The number of piperazine rings is 1. The molecule has 1 atom stereocenters. The lowest BCUT2D eigenvalue weighted by atomic mass is 9.89. The van der Waals surface area contributed by atoms with Crippen LogP contribution in [0, 0.1) is 5.92 Å². The molecule has 1 aliphatic heterocycles. The predicted octanol–water partition coefficient (Wildman–Crippen LogP) is 5.07. The third-order valence-corrected chi connectivity index (χ3v) is 11.1. The summed E-state index contributed by atoms with van der Waals surface area (Å²) in [4.78, 5) is 17.3. The maximum absolute atomic E-state index is 13.4. The smallest absolute Gasteiger partial charge is 0.243 e. The summed E-state index contributed by atoms with van der Waals surface area (Å²) < 4.78 is 33.5. The Kier molecular flexibility index (Phi) is 7.18. The van der Waals surface area contributed by atoms with Gasteiger partial charge < -0.3 is 14.5 Å². The van der Waals surface area contributed by atoms with Crippen LogP contribution in [-0.4, -0.2) is 70.1 Å². The van der Waals surface area contributed by atoms with E-state index in [9.17, 15) is 8.42 Å². The molecule has 1 saturated heterocycles. The summed E-state index contributed by atoms with van der Waals surface area (Å²) in [5.74, 6) is 2.96. The van der Waals surface area contributed by atoms with Gasteiger partial charge in [0.05, 0.1) is 17.4 Å². The zero-order valence-corrected chi connectivity index (χ0v) is 25.1. The second kappa shape index (κ2) is 10.6. The van der Waals surface area contributed by atoms with Crippen LogP contribution in [0.25, 0.3) is 21.6 Å². The highest BCUT2D eigenvalue weighted by Crippen LogP contribution is 2.42. The summed E-state index contributed by atoms with van der Waals surface area (Å²) in [5, 5.41) is 1.16. The standard InChI is InChI=1S/C30H35N5O3S2/c1-20-5-14-25-26(19-20)39-30-27(25)29(31-28(32-30)21-6-8-22(9-7-21)33(2)3)34-15-17-35(18-16-34)40(36,37)24-12-10-23(38-4)11-13-24/h6-13,20H,5,14-19H2,1-4H3. The third kappa shape index (κ3) is 4.93. The van der Waals surface area contributed by atoms with Gasteiger partial charge in [0.2, 0.25) is 10.0 Å². The van der Waals surface area contributed by atoms with Gasteiger partial charge in [0.25, 0.3) is 0 Å². The van der Waals surface area contributed by atoms with Gasteiger partial charge in [0, 0.05) is 56.4 Å². The molecule has 210 valence electrons. The Labute approximate surface area is 240 Å². The van der Waals surface area contributed by atoms with Crippen LogP contribution in [0.4, 0.5) is 11.5 Å². The number of methoxy groups -OCH3 is 1. The molecular weight excluding hydrogens is 542 g/mol. The van der Waals surface area contributed by atoms with E-state index in [1.165, 1.54) is 16.9 Å². The largest absolute Gasteiger partial charge is 0.497 e. The van der Waals surface area contributed by atoms with Crippen LogP contribution in [0.5, 0.6) is 5.75 Å². The number of hydrogen-bond donors (Lipinski definition) is 0. The molecule has 2 aromatic heterocycles. The van der Waals surface area contributed by atoms with Gasteiger partial charge in [-0.2, -0.15) is 4.31 Å². The normalized spacial score (nSPS) is 18.1. The molecule has 3 heterocycles. The molecule has 0 saturated carbocycles. The molecular formula is C30H35N5O3S2. The maximum Gasteiger partial charge on any atom is 0.243 e. The van der Waals surface area contributed by atoms with Crippen molar-refractivity contribution in [1.82, 2.24) is 14.3 Å². The van der Waals surface area contributed by atoms with E-state index in [0.717, 1.165) is 40.1 Å². The molecule has 0 spiro atoms. The van der Waals surface area contributed by atoms with E-state index >= 15 is 0 Å². The first-order valence-electron chi connectivity index (χ1n) is 13.7. The summed E-state index contributed by atoms with van der Waals surface area (Å²) in [6.45, 7) is 4.26. The fourth-order valence-electron chi connectivity index (χ4n) is 5.63. The summed E-state index contributed by atoms with van der Waals surface area (Å²) >= 11 is 1.80. The third-order valence-electron chi connectivity index (χ3n) is 8.01. The quantitative estimate of drug-likeness (QED) is 0.317. The van der Waals surface area contributed by atoms with Crippen LogP contribution < -0.4 is 14.5 Å². The highest BCUT2D eigenvalue weighted by molar-refractivity contribution is 7.89. The lowest BCUT2D eigenvalue weighted by Crippen LogP contribution is -2.49. The average Bonchev–Trinajstić information content (AvgIpc) is 3.34. The highest BCUT2D eigenvalue weighted by Gasteiger charge is 2.32. The Bertz CT molecular complexity index is 1620. The van der Waals surface area contributed by atoms with Crippen molar-refractivity contribution < 1.29 is 13.2 Å². The van der Waals surface area contributed by atoms with Crippen molar-refractivity contribution in [2.24, 2.45) is 5.92 Å². The lowest BCUT2D eigenvalue weighted by Gasteiger charge is -2.35. The van der Waals surface area contributed by atoms with Crippen molar-refractivity contribution >= 4 is 43.1 Å². The molecule has 1 unspecified atom stereocenters. The molecule has 0 N–H and O–H groups in total. The van der Waals surface area contributed by atoms with Crippen LogP contribution in [-0.2, 0) is 22.9 Å². The van der Waals surface area contributed by atoms with E-state index in [4.69, 9.17) is 14.7 Å². The number of rotatable bonds is 6. The van der Waals surface area contributed by atoms with Crippen molar-refractivity contribution in [3.8, 4) is 17.1 Å². The van der Waals surface area contributed by atoms with Crippen LogP contribution in [0.15, 0.2) is 53.4 Å². The predicted molar refractivity (Wildman–Crippen MR) is 162 cm³/mol. The first-order valence-corrected chi connectivity index (χ1v) is 16.0. The van der Waals surface area contributed by atoms with Crippen LogP contribution >= 0.6 is 11.3 Å². The number of thiophene rings is 1.